The van der Waals surface area contributed by atoms with Gasteiger partial charge in [0.15, 0.2) is 0 Å². The van der Waals surface area contributed by atoms with Gasteiger partial charge in [0.25, 0.3) is 5.91 Å². The van der Waals surface area contributed by atoms with Gasteiger partial charge in [-0.05, 0) is 18.9 Å². The van der Waals surface area contributed by atoms with Crippen molar-refractivity contribution in [2.75, 3.05) is 5.32 Å². The van der Waals surface area contributed by atoms with E-state index in [1.807, 2.05) is 54.9 Å². The molecule has 1 N–H and O–H groups in total. The van der Waals surface area contributed by atoms with Crippen molar-refractivity contribution in [3.8, 4) is 0 Å². The predicted molar refractivity (Wildman–Crippen MR) is 92.0 cm³/mol. The smallest absolute Gasteiger partial charge is 0.269 e. The van der Waals surface area contributed by atoms with Crippen molar-refractivity contribution in [3.63, 3.8) is 0 Å². The van der Waals surface area contributed by atoms with Crippen LogP contribution in [0.5, 0.6) is 0 Å². The summed E-state index contributed by atoms with van der Waals surface area (Å²) in [5, 5.41) is 3.86. The Bertz CT molecular complexity index is 807. The van der Waals surface area contributed by atoms with Gasteiger partial charge in [-0.3, -0.25) is 10.1 Å². The molecule has 0 aliphatic carbocycles. The first kappa shape index (κ1) is 15.4. The molecule has 3 aromatic rings. The zero-order chi connectivity index (χ0) is 16.2. The molecule has 2 aromatic heterocycles. The molecule has 2 heterocycles. The van der Waals surface area contributed by atoms with Crippen LogP contribution in [0.15, 0.2) is 42.7 Å². The lowest BCUT2D eigenvalue weighted by atomic mass is 10.2. The second-order valence-electron chi connectivity index (χ2n) is 5.19. The molecule has 0 saturated carbocycles. The van der Waals surface area contributed by atoms with Gasteiger partial charge >= 0.3 is 0 Å². The topological polar surface area (TPSA) is 59.8 Å². The minimum absolute atomic E-state index is 0.153. The van der Waals surface area contributed by atoms with Crippen molar-refractivity contribution in [1.29, 1.82) is 0 Å². The number of anilines is 1. The number of amides is 1. The largest absolute Gasteiger partial charge is 0.313 e. The Morgan fingerprint density at radius 1 is 1.30 bits per heavy atom. The molecule has 0 fully saturated rings. The van der Waals surface area contributed by atoms with Gasteiger partial charge in [0.05, 0.1) is 17.2 Å². The first-order valence-electron chi connectivity index (χ1n) is 7.50. The second kappa shape index (κ2) is 6.75. The summed E-state index contributed by atoms with van der Waals surface area (Å²) < 4.78 is 1.92. The summed E-state index contributed by atoms with van der Waals surface area (Å²) in [5.74, 6) is 0.393. The van der Waals surface area contributed by atoms with Crippen LogP contribution in [0.3, 0.4) is 0 Å². The van der Waals surface area contributed by atoms with Crippen molar-refractivity contribution in [3.05, 3.63) is 63.9 Å². The maximum atomic E-state index is 12.5. The minimum Gasteiger partial charge on any atom is -0.313 e. The van der Waals surface area contributed by atoms with Gasteiger partial charge in [0.1, 0.15) is 4.88 Å². The number of aromatic nitrogens is 3. The SMILES string of the molecule is CCc1nc(C)c(C(=O)Nc2nccn2Cc2ccccc2)s1. The van der Waals surface area contributed by atoms with E-state index >= 15 is 0 Å². The summed E-state index contributed by atoms with van der Waals surface area (Å²) in [6.07, 6.45) is 4.39. The normalized spacial score (nSPS) is 10.7. The van der Waals surface area contributed by atoms with E-state index in [4.69, 9.17) is 0 Å². The lowest BCUT2D eigenvalue weighted by Gasteiger charge is -2.08. The van der Waals surface area contributed by atoms with Crippen LogP contribution >= 0.6 is 11.3 Å². The highest BCUT2D eigenvalue weighted by Gasteiger charge is 2.16. The molecule has 3 rings (SSSR count). The van der Waals surface area contributed by atoms with Crippen molar-refractivity contribution in [2.24, 2.45) is 0 Å². The third-order valence-electron chi connectivity index (χ3n) is 3.49. The van der Waals surface area contributed by atoms with Crippen molar-refractivity contribution < 1.29 is 4.79 Å². The number of aryl methyl sites for hydroxylation is 2. The van der Waals surface area contributed by atoms with Crippen molar-refractivity contribution >= 4 is 23.2 Å². The fourth-order valence-electron chi connectivity index (χ4n) is 2.31. The molecule has 0 radical (unpaired) electrons. The van der Waals surface area contributed by atoms with Crippen LogP contribution in [0.4, 0.5) is 5.95 Å². The van der Waals surface area contributed by atoms with E-state index in [-0.39, 0.29) is 5.91 Å². The highest BCUT2D eigenvalue weighted by atomic mass is 32.1. The summed E-state index contributed by atoms with van der Waals surface area (Å²) in [4.78, 5) is 21.8. The zero-order valence-corrected chi connectivity index (χ0v) is 13.9. The Hall–Kier alpha value is -2.47. The molecule has 0 bridgehead atoms. The summed E-state index contributed by atoms with van der Waals surface area (Å²) in [7, 11) is 0. The summed E-state index contributed by atoms with van der Waals surface area (Å²) in [6.45, 7) is 4.56. The molecule has 1 aromatic carbocycles. The number of rotatable bonds is 5. The number of benzene rings is 1. The number of thiazole rings is 1. The van der Waals surface area contributed by atoms with Crippen LogP contribution in [0.25, 0.3) is 0 Å². The molecule has 23 heavy (non-hydrogen) atoms. The van der Waals surface area contributed by atoms with Crippen molar-refractivity contribution in [2.45, 2.75) is 26.8 Å². The second-order valence-corrected chi connectivity index (χ2v) is 6.28. The average Bonchev–Trinajstić information content (AvgIpc) is 3.15. The molecule has 5 nitrogen and oxygen atoms in total. The third kappa shape index (κ3) is 3.48. The molecule has 0 aliphatic rings. The highest BCUT2D eigenvalue weighted by Crippen LogP contribution is 2.20. The molecule has 0 spiro atoms. The van der Waals surface area contributed by atoms with E-state index < -0.39 is 0 Å². The van der Waals surface area contributed by atoms with Crippen LogP contribution in [-0.4, -0.2) is 20.4 Å². The summed E-state index contributed by atoms with van der Waals surface area (Å²) in [6, 6.07) is 10.1. The lowest BCUT2D eigenvalue weighted by molar-refractivity contribution is 0.102. The first-order valence-corrected chi connectivity index (χ1v) is 8.31. The number of nitrogens with zero attached hydrogens (tertiary/aromatic N) is 3. The van der Waals surface area contributed by atoms with E-state index in [9.17, 15) is 4.79 Å². The van der Waals surface area contributed by atoms with E-state index in [0.29, 0.717) is 17.4 Å². The van der Waals surface area contributed by atoms with Gasteiger partial charge in [0, 0.05) is 12.4 Å². The van der Waals surface area contributed by atoms with E-state index in [1.165, 1.54) is 11.3 Å². The van der Waals surface area contributed by atoms with Crippen LogP contribution in [0.2, 0.25) is 0 Å². The molecule has 1 amide bonds. The quantitative estimate of drug-likeness (QED) is 0.780. The first-order chi connectivity index (χ1) is 11.2. The fourth-order valence-corrected chi connectivity index (χ4v) is 3.21. The maximum absolute atomic E-state index is 12.5. The van der Waals surface area contributed by atoms with E-state index in [2.05, 4.69) is 15.3 Å². The Labute approximate surface area is 139 Å². The molecular formula is C17H18N4OS. The Morgan fingerprint density at radius 2 is 2.09 bits per heavy atom. The average molecular weight is 326 g/mol. The van der Waals surface area contributed by atoms with E-state index in [1.54, 1.807) is 6.20 Å². The molecule has 0 aliphatic heterocycles. The number of nitrogens with one attached hydrogen (secondary N) is 1. The minimum atomic E-state index is -0.153. The monoisotopic (exact) mass is 326 g/mol. The molecule has 0 saturated heterocycles. The Morgan fingerprint density at radius 3 is 2.78 bits per heavy atom. The number of carbonyl (C=O) groups is 1. The molecule has 118 valence electrons. The number of imidazole rings is 1. The molecule has 6 heteroatoms. The van der Waals surface area contributed by atoms with Gasteiger partial charge in [-0.15, -0.1) is 11.3 Å². The Balaban J connectivity index is 1.77. The number of carbonyl (C=O) groups excluding carboxylic acids is 1. The van der Waals surface area contributed by atoms with Crippen LogP contribution in [-0.2, 0) is 13.0 Å². The van der Waals surface area contributed by atoms with Crippen LogP contribution in [0, 0.1) is 6.92 Å². The highest BCUT2D eigenvalue weighted by molar-refractivity contribution is 7.13. The van der Waals surface area contributed by atoms with Gasteiger partial charge in [0.2, 0.25) is 5.95 Å². The zero-order valence-electron chi connectivity index (χ0n) is 13.1. The predicted octanol–water partition coefficient (Wildman–Crippen LogP) is 3.51. The van der Waals surface area contributed by atoms with Crippen LogP contribution in [0.1, 0.15) is 32.9 Å². The third-order valence-corrected chi connectivity index (χ3v) is 4.79. The molecule has 0 atom stereocenters. The van der Waals surface area contributed by atoms with Crippen LogP contribution < -0.4 is 5.32 Å². The lowest BCUT2D eigenvalue weighted by Crippen LogP contribution is -2.16. The summed E-state index contributed by atoms with van der Waals surface area (Å²) >= 11 is 1.44. The standard InChI is InChI=1S/C17H18N4OS/c1-3-14-19-12(2)15(23-14)16(22)20-17-18-9-10-21(17)11-13-7-5-4-6-8-13/h4-10H,3,11H2,1-2H3,(H,18,20,22). The summed E-state index contributed by atoms with van der Waals surface area (Å²) in [5.41, 5.74) is 1.92. The number of hydrogen-bond acceptors (Lipinski definition) is 4. The number of hydrogen-bond donors (Lipinski definition) is 1. The Kier molecular flexibility index (Phi) is 4.52. The van der Waals surface area contributed by atoms with Gasteiger partial charge in [-0.1, -0.05) is 37.3 Å². The molecular weight excluding hydrogens is 308 g/mol. The maximum Gasteiger partial charge on any atom is 0.269 e. The fraction of sp³-hybridized carbons (Fsp3) is 0.235. The molecule has 0 unspecified atom stereocenters. The van der Waals surface area contributed by atoms with Gasteiger partial charge in [-0.2, -0.15) is 0 Å². The van der Waals surface area contributed by atoms with Gasteiger partial charge < -0.3 is 4.57 Å². The van der Waals surface area contributed by atoms with E-state index in [0.717, 1.165) is 22.7 Å². The van der Waals surface area contributed by atoms with Gasteiger partial charge in [-0.25, -0.2) is 9.97 Å². The van der Waals surface area contributed by atoms with Crippen molar-refractivity contribution in [1.82, 2.24) is 14.5 Å².